The summed E-state index contributed by atoms with van der Waals surface area (Å²) in [6, 6.07) is 6.66. The summed E-state index contributed by atoms with van der Waals surface area (Å²) in [7, 11) is -1.90. The maximum absolute atomic E-state index is 11.4. The van der Waals surface area contributed by atoms with E-state index in [1.807, 2.05) is 6.07 Å². The fourth-order valence-electron chi connectivity index (χ4n) is 2.73. The highest BCUT2D eigenvalue weighted by atomic mass is 127. The molecule has 1 saturated heterocycles. The highest BCUT2D eigenvalue weighted by Gasteiger charge is 2.19. The van der Waals surface area contributed by atoms with Crippen molar-refractivity contribution >= 4 is 40.0 Å². The number of nitrogens with two attached hydrogens (primary N) is 1. The van der Waals surface area contributed by atoms with Gasteiger partial charge in [0.05, 0.1) is 4.90 Å². The van der Waals surface area contributed by atoms with Gasteiger partial charge in [-0.25, -0.2) is 13.6 Å². The summed E-state index contributed by atoms with van der Waals surface area (Å²) in [5.41, 5.74) is 0.859. The van der Waals surface area contributed by atoms with Crippen molar-refractivity contribution < 1.29 is 8.42 Å². The minimum absolute atomic E-state index is 0. The zero-order valence-corrected chi connectivity index (χ0v) is 16.7. The van der Waals surface area contributed by atoms with Gasteiger partial charge in [-0.15, -0.1) is 24.0 Å². The molecule has 1 aromatic rings. The van der Waals surface area contributed by atoms with E-state index in [0.29, 0.717) is 12.5 Å². The average molecular weight is 452 g/mol. The van der Waals surface area contributed by atoms with E-state index in [0.717, 1.165) is 24.6 Å². The molecule has 8 heteroatoms. The Morgan fingerprint density at radius 2 is 2.22 bits per heavy atom. The molecular weight excluding hydrogens is 427 g/mol. The minimum atomic E-state index is -3.67. The lowest BCUT2D eigenvalue weighted by Gasteiger charge is -2.33. The fraction of sp³-hybridized carbons (Fsp3) is 0.533. The number of hydrogen-bond acceptors (Lipinski definition) is 3. The molecule has 6 nitrogen and oxygen atoms in total. The molecule has 0 bridgehead atoms. The van der Waals surface area contributed by atoms with Crippen molar-refractivity contribution in [3.05, 3.63) is 29.8 Å². The van der Waals surface area contributed by atoms with E-state index < -0.39 is 10.0 Å². The van der Waals surface area contributed by atoms with E-state index >= 15 is 0 Å². The van der Waals surface area contributed by atoms with Crippen molar-refractivity contribution in [3.8, 4) is 0 Å². The number of aliphatic imine (C=N–C) groups is 1. The summed E-state index contributed by atoms with van der Waals surface area (Å²) in [6.45, 7) is 4.76. The molecular formula is C15H25IN4O2S. The monoisotopic (exact) mass is 452 g/mol. The van der Waals surface area contributed by atoms with Gasteiger partial charge in [0.1, 0.15) is 0 Å². The van der Waals surface area contributed by atoms with Crippen LogP contribution in [0.5, 0.6) is 0 Å². The van der Waals surface area contributed by atoms with Crippen LogP contribution in [0.25, 0.3) is 0 Å². The number of sulfonamides is 1. The number of rotatable bonds is 3. The summed E-state index contributed by atoms with van der Waals surface area (Å²) < 4.78 is 22.8. The van der Waals surface area contributed by atoms with Crippen molar-refractivity contribution in [2.75, 3.05) is 20.1 Å². The van der Waals surface area contributed by atoms with Crippen LogP contribution in [0.3, 0.4) is 0 Å². The molecule has 130 valence electrons. The number of piperidine rings is 1. The number of benzene rings is 1. The van der Waals surface area contributed by atoms with Gasteiger partial charge in [-0.05, 0) is 36.5 Å². The van der Waals surface area contributed by atoms with Crippen LogP contribution in [0, 0.1) is 5.92 Å². The number of nitrogens with one attached hydrogen (secondary N) is 1. The molecule has 1 fully saturated rings. The first-order valence-electron chi connectivity index (χ1n) is 7.47. The Morgan fingerprint density at radius 1 is 1.48 bits per heavy atom. The van der Waals surface area contributed by atoms with Gasteiger partial charge in [0.2, 0.25) is 10.0 Å². The molecule has 0 aromatic heterocycles. The molecule has 1 atom stereocenters. The maximum atomic E-state index is 11.4. The first kappa shape index (κ1) is 20.2. The van der Waals surface area contributed by atoms with Crippen LogP contribution in [0.4, 0.5) is 0 Å². The molecule has 0 radical (unpaired) electrons. The summed E-state index contributed by atoms with van der Waals surface area (Å²) in [4.78, 5) is 6.70. The number of likely N-dealkylation sites (tertiary alicyclic amines) is 1. The first-order valence-corrected chi connectivity index (χ1v) is 9.02. The standard InChI is InChI=1S/C15H24N4O2S.HI/c1-12-5-4-8-19(11-12)15(17-2)18-10-13-6-3-7-14(9-13)22(16,20)21;/h3,6-7,9,12H,4-5,8,10-11H2,1-2H3,(H,17,18)(H2,16,20,21);1H. The molecule has 0 saturated carbocycles. The molecule has 1 aliphatic heterocycles. The lowest BCUT2D eigenvalue weighted by Crippen LogP contribution is -2.45. The second-order valence-corrected chi connectivity index (χ2v) is 7.35. The first-order chi connectivity index (χ1) is 10.4. The number of guanidine groups is 1. The van der Waals surface area contributed by atoms with Crippen molar-refractivity contribution in [1.82, 2.24) is 10.2 Å². The molecule has 0 aliphatic carbocycles. The summed E-state index contributed by atoms with van der Waals surface area (Å²) in [5.74, 6) is 1.52. The lowest BCUT2D eigenvalue weighted by molar-refractivity contribution is 0.266. The molecule has 1 unspecified atom stereocenters. The molecule has 2 rings (SSSR count). The molecule has 0 spiro atoms. The van der Waals surface area contributed by atoms with E-state index in [1.165, 1.54) is 18.9 Å². The normalized spacial score (nSPS) is 19.2. The molecule has 1 aromatic carbocycles. The topological polar surface area (TPSA) is 87.8 Å². The van der Waals surface area contributed by atoms with Crippen LogP contribution in [0.1, 0.15) is 25.3 Å². The van der Waals surface area contributed by atoms with E-state index in [1.54, 1.807) is 19.2 Å². The van der Waals surface area contributed by atoms with Crippen LogP contribution in [0.15, 0.2) is 34.2 Å². The van der Waals surface area contributed by atoms with Crippen molar-refractivity contribution in [1.29, 1.82) is 0 Å². The van der Waals surface area contributed by atoms with Gasteiger partial charge in [0, 0.05) is 26.7 Å². The Morgan fingerprint density at radius 3 is 2.83 bits per heavy atom. The number of hydrogen-bond donors (Lipinski definition) is 2. The zero-order chi connectivity index (χ0) is 16.2. The molecule has 3 N–H and O–H groups in total. The highest BCUT2D eigenvalue weighted by Crippen LogP contribution is 2.15. The van der Waals surface area contributed by atoms with Crippen LogP contribution >= 0.6 is 24.0 Å². The average Bonchev–Trinajstić information content (AvgIpc) is 2.47. The third kappa shape index (κ3) is 5.92. The van der Waals surface area contributed by atoms with Crippen molar-refractivity contribution in [3.63, 3.8) is 0 Å². The Kier molecular flexibility index (Phi) is 7.75. The molecule has 0 amide bonds. The van der Waals surface area contributed by atoms with E-state index in [2.05, 4.69) is 22.1 Å². The fourth-order valence-corrected chi connectivity index (χ4v) is 3.31. The maximum Gasteiger partial charge on any atom is 0.238 e. The Balaban J connectivity index is 0.00000264. The largest absolute Gasteiger partial charge is 0.352 e. The Bertz CT molecular complexity index is 649. The number of nitrogens with zero attached hydrogens (tertiary/aromatic N) is 2. The summed E-state index contributed by atoms with van der Waals surface area (Å²) >= 11 is 0. The third-order valence-corrected chi connectivity index (χ3v) is 4.76. The molecule has 23 heavy (non-hydrogen) atoms. The van der Waals surface area contributed by atoms with Crippen LogP contribution < -0.4 is 10.5 Å². The lowest BCUT2D eigenvalue weighted by atomic mass is 10.0. The van der Waals surface area contributed by atoms with Gasteiger partial charge >= 0.3 is 0 Å². The second kappa shape index (κ2) is 8.84. The van der Waals surface area contributed by atoms with Crippen molar-refractivity contribution in [2.45, 2.75) is 31.2 Å². The van der Waals surface area contributed by atoms with E-state index in [-0.39, 0.29) is 28.9 Å². The molecule has 1 heterocycles. The summed E-state index contributed by atoms with van der Waals surface area (Å²) in [5, 5.41) is 8.45. The quantitative estimate of drug-likeness (QED) is 0.416. The smallest absolute Gasteiger partial charge is 0.238 e. The minimum Gasteiger partial charge on any atom is -0.352 e. The van der Waals surface area contributed by atoms with Crippen LogP contribution in [0.2, 0.25) is 0 Å². The molecule has 1 aliphatic rings. The predicted molar refractivity (Wildman–Crippen MR) is 103 cm³/mol. The van der Waals surface area contributed by atoms with Gasteiger partial charge < -0.3 is 10.2 Å². The SMILES string of the molecule is CN=C(NCc1cccc(S(N)(=O)=O)c1)N1CCCC(C)C1.I. The van der Waals surface area contributed by atoms with Crippen molar-refractivity contribution in [2.24, 2.45) is 16.0 Å². The third-order valence-electron chi connectivity index (χ3n) is 3.85. The van der Waals surface area contributed by atoms with E-state index in [4.69, 9.17) is 5.14 Å². The van der Waals surface area contributed by atoms with Crippen LogP contribution in [-0.4, -0.2) is 39.4 Å². The second-order valence-electron chi connectivity index (χ2n) is 5.79. The summed E-state index contributed by atoms with van der Waals surface area (Å²) in [6.07, 6.45) is 2.42. The van der Waals surface area contributed by atoms with E-state index in [9.17, 15) is 8.42 Å². The number of primary sulfonamides is 1. The Hall–Kier alpha value is -0.870. The van der Waals surface area contributed by atoms with Gasteiger partial charge in [0.25, 0.3) is 0 Å². The Labute approximate surface area is 155 Å². The van der Waals surface area contributed by atoms with Gasteiger partial charge in [0.15, 0.2) is 5.96 Å². The predicted octanol–water partition coefficient (Wildman–Crippen LogP) is 1.76. The number of halogens is 1. The zero-order valence-electron chi connectivity index (χ0n) is 13.5. The van der Waals surface area contributed by atoms with Gasteiger partial charge in [-0.3, -0.25) is 4.99 Å². The van der Waals surface area contributed by atoms with Gasteiger partial charge in [-0.2, -0.15) is 0 Å². The highest BCUT2D eigenvalue weighted by molar-refractivity contribution is 14.0. The van der Waals surface area contributed by atoms with Crippen LogP contribution in [-0.2, 0) is 16.6 Å². The van der Waals surface area contributed by atoms with Gasteiger partial charge in [-0.1, -0.05) is 19.1 Å².